The number of Topliss-reactive ketones (excluding diaryl/α,β-unsaturated/α-hetero) is 1. The van der Waals surface area contributed by atoms with Gasteiger partial charge in [0.1, 0.15) is 0 Å². The number of alkyl halides is 3. The third-order valence-electron chi connectivity index (χ3n) is 7.13. The zero-order chi connectivity index (χ0) is 30.2. The summed E-state index contributed by atoms with van der Waals surface area (Å²) in [5.74, 6) is -3.05. The van der Waals surface area contributed by atoms with Crippen LogP contribution in [-0.2, 0) is 26.3 Å². The number of carbonyl (C=O) groups is 3. The smallest absolute Gasteiger partial charge is 0.407 e. The van der Waals surface area contributed by atoms with Gasteiger partial charge in [0.15, 0.2) is 17.3 Å². The zero-order valence-electron chi connectivity index (χ0n) is 23.5. The van der Waals surface area contributed by atoms with Gasteiger partial charge < -0.3 is 15.8 Å². The van der Waals surface area contributed by atoms with Crippen molar-refractivity contribution in [3.8, 4) is 0 Å². The van der Waals surface area contributed by atoms with Crippen LogP contribution in [0.5, 0.6) is 0 Å². The normalized spacial score (nSPS) is 18.7. The van der Waals surface area contributed by atoms with E-state index < -0.39 is 48.4 Å². The van der Waals surface area contributed by atoms with Gasteiger partial charge in [-0.05, 0) is 42.7 Å². The highest BCUT2D eigenvalue weighted by Crippen LogP contribution is 2.39. The standard InChI is InChI=1S/C30H37F3N4O4/c1-20(2)19-29(22-13-8-5-9-14-22)26(39)37(27(34)36-29)16-10-15-23(30(31,32)33)18-25(38)24(35-28(40)41-3)17-21-11-6-4-7-12-21/h4-9,11-14,20,23-24H,10,15-19H2,1-3H3,(H2,34,36)(H,35,40)/t23-,24-,29+/m0/s1. The number of ether oxygens (including phenoxy) is 1. The number of methoxy groups -OCH3 is 1. The molecule has 8 nitrogen and oxygen atoms in total. The molecule has 0 unspecified atom stereocenters. The number of hydrogen-bond donors (Lipinski definition) is 2. The van der Waals surface area contributed by atoms with Gasteiger partial charge in [0.05, 0.1) is 19.1 Å². The van der Waals surface area contributed by atoms with Gasteiger partial charge in [0.25, 0.3) is 5.91 Å². The van der Waals surface area contributed by atoms with E-state index >= 15 is 0 Å². The molecular weight excluding hydrogens is 537 g/mol. The lowest BCUT2D eigenvalue weighted by molar-refractivity contribution is -0.180. The predicted molar refractivity (Wildman–Crippen MR) is 149 cm³/mol. The van der Waals surface area contributed by atoms with Gasteiger partial charge >= 0.3 is 12.3 Å². The number of benzene rings is 2. The topological polar surface area (TPSA) is 114 Å². The molecule has 0 saturated heterocycles. The van der Waals surface area contributed by atoms with Crippen molar-refractivity contribution in [3.05, 3.63) is 71.8 Å². The third kappa shape index (κ3) is 8.08. The van der Waals surface area contributed by atoms with Crippen LogP contribution in [-0.4, -0.2) is 54.5 Å². The lowest BCUT2D eigenvalue weighted by Crippen LogP contribution is -2.45. The average molecular weight is 575 g/mol. The van der Waals surface area contributed by atoms with Gasteiger partial charge in [-0.15, -0.1) is 0 Å². The third-order valence-corrected chi connectivity index (χ3v) is 7.13. The molecule has 0 saturated carbocycles. The fourth-order valence-electron chi connectivity index (χ4n) is 5.15. The maximum Gasteiger partial charge on any atom is 0.407 e. The SMILES string of the molecule is COC(=O)N[C@@H](Cc1ccccc1)C(=O)C[C@H](CCCN1C(=O)[C@@](CC(C)C)(c2ccccc2)N=C1N)C(F)(F)F. The van der Waals surface area contributed by atoms with Crippen molar-refractivity contribution < 1.29 is 32.3 Å². The Morgan fingerprint density at radius 2 is 1.68 bits per heavy atom. The summed E-state index contributed by atoms with van der Waals surface area (Å²) in [5, 5.41) is 2.36. The lowest BCUT2D eigenvalue weighted by atomic mass is 9.82. The van der Waals surface area contributed by atoms with E-state index in [9.17, 15) is 27.6 Å². The van der Waals surface area contributed by atoms with E-state index in [1.165, 1.54) is 4.90 Å². The Hall–Kier alpha value is -3.89. The van der Waals surface area contributed by atoms with Crippen LogP contribution in [0, 0.1) is 11.8 Å². The van der Waals surface area contributed by atoms with E-state index in [0.29, 0.717) is 17.5 Å². The van der Waals surface area contributed by atoms with Crippen LogP contribution in [0.15, 0.2) is 65.7 Å². The minimum absolute atomic E-state index is 0.0199. The van der Waals surface area contributed by atoms with Crippen molar-refractivity contribution in [1.82, 2.24) is 10.2 Å². The van der Waals surface area contributed by atoms with Gasteiger partial charge in [0, 0.05) is 13.0 Å². The Morgan fingerprint density at radius 1 is 1.07 bits per heavy atom. The first-order valence-corrected chi connectivity index (χ1v) is 13.6. The van der Waals surface area contributed by atoms with E-state index in [4.69, 9.17) is 5.73 Å². The molecule has 11 heteroatoms. The Morgan fingerprint density at radius 3 is 2.24 bits per heavy atom. The van der Waals surface area contributed by atoms with Crippen LogP contribution >= 0.6 is 0 Å². The van der Waals surface area contributed by atoms with Crippen molar-refractivity contribution >= 4 is 23.7 Å². The molecule has 2 amide bonds. The Kier molecular flexibility index (Phi) is 10.5. The monoisotopic (exact) mass is 574 g/mol. The molecule has 0 bridgehead atoms. The lowest BCUT2D eigenvalue weighted by Gasteiger charge is -2.28. The van der Waals surface area contributed by atoms with Crippen molar-refractivity contribution in [1.29, 1.82) is 0 Å². The molecule has 0 aliphatic carbocycles. The van der Waals surface area contributed by atoms with Crippen LogP contribution in [0.3, 0.4) is 0 Å². The molecule has 3 N–H and O–H groups in total. The Balaban J connectivity index is 1.71. The molecular formula is C30H37F3N4O4. The second-order valence-corrected chi connectivity index (χ2v) is 10.7. The highest BCUT2D eigenvalue weighted by Gasteiger charge is 2.49. The van der Waals surface area contributed by atoms with E-state index in [1.807, 2.05) is 19.9 Å². The van der Waals surface area contributed by atoms with Crippen molar-refractivity contribution in [2.75, 3.05) is 13.7 Å². The quantitative estimate of drug-likeness (QED) is 0.351. The number of aliphatic imine (C=N–C) groups is 1. The molecule has 0 aromatic heterocycles. The molecule has 2 aromatic rings. The molecule has 0 spiro atoms. The van der Waals surface area contributed by atoms with Crippen molar-refractivity contribution in [3.63, 3.8) is 0 Å². The molecule has 222 valence electrons. The molecule has 1 heterocycles. The number of nitrogens with zero attached hydrogens (tertiary/aromatic N) is 2. The van der Waals surface area contributed by atoms with E-state index in [1.54, 1.807) is 54.6 Å². The van der Waals surface area contributed by atoms with E-state index in [-0.39, 0.29) is 37.2 Å². The van der Waals surface area contributed by atoms with Gasteiger partial charge in [-0.3, -0.25) is 14.5 Å². The number of carbonyl (C=O) groups excluding carboxylic acids is 3. The molecule has 1 aliphatic rings. The van der Waals surface area contributed by atoms with E-state index in [2.05, 4.69) is 15.0 Å². The fraction of sp³-hybridized carbons (Fsp3) is 0.467. The van der Waals surface area contributed by atoms with Crippen LogP contribution in [0.1, 0.15) is 50.7 Å². The number of amides is 2. The Labute approximate surface area is 238 Å². The maximum absolute atomic E-state index is 14.0. The number of hydrogen-bond acceptors (Lipinski definition) is 6. The molecule has 41 heavy (non-hydrogen) atoms. The largest absolute Gasteiger partial charge is 0.453 e. The number of ketones is 1. The summed E-state index contributed by atoms with van der Waals surface area (Å²) < 4.78 is 46.7. The second-order valence-electron chi connectivity index (χ2n) is 10.7. The first-order valence-electron chi connectivity index (χ1n) is 13.6. The summed E-state index contributed by atoms with van der Waals surface area (Å²) in [6.45, 7) is 3.84. The van der Waals surface area contributed by atoms with Crippen molar-refractivity contribution in [2.24, 2.45) is 22.6 Å². The number of nitrogens with one attached hydrogen (secondary N) is 1. The van der Waals surface area contributed by atoms with Gasteiger partial charge in [-0.2, -0.15) is 13.2 Å². The Bertz CT molecular complexity index is 1220. The molecule has 1 aliphatic heterocycles. The summed E-state index contributed by atoms with van der Waals surface area (Å²) in [6, 6.07) is 16.5. The van der Waals surface area contributed by atoms with E-state index in [0.717, 1.165) is 7.11 Å². The number of guanidine groups is 1. The number of alkyl carbamates (subject to hydrolysis) is 1. The van der Waals surface area contributed by atoms with Crippen molar-refractivity contribution in [2.45, 2.75) is 63.7 Å². The minimum Gasteiger partial charge on any atom is -0.453 e. The summed E-state index contributed by atoms with van der Waals surface area (Å²) >= 11 is 0. The highest BCUT2D eigenvalue weighted by molar-refractivity contribution is 6.07. The zero-order valence-corrected chi connectivity index (χ0v) is 23.5. The second kappa shape index (κ2) is 13.6. The summed E-state index contributed by atoms with van der Waals surface area (Å²) in [6.07, 6.45) is -6.46. The fourth-order valence-corrected chi connectivity index (χ4v) is 5.15. The molecule has 3 atom stereocenters. The first kappa shape index (κ1) is 31.6. The number of halogens is 3. The van der Waals surface area contributed by atoms with Gasteiger partial charge in [0.2, 0.25) is 0 Å². The van der Waals surface area contributed by atoms with Crippen LogP contribution < -0.4 is 11.1 Å². The molecule has 0 fully saturated rings. The predicted octanol–water partition coefficient (Wildman–Crippen LogP) is 4.97. The number of rotatable bonds is 13. The molecule has 3 rings (SSSR count). The van der Waals surface area contributed by atoms with Gasteiger partial charge in [-0.1, -0.05) is 74.5 Å². The summed E-state index contributed by atoms with van der Waals surface area (Å²) in [7, 11) is 1.11. The highest BCUT2D eigenvalue weighted by atomic mass is 19.4. The number of nitrogens with two attached hydrogens (primary N) is 1. The van der Waals surface area contributed by atoms with Gasteiger partial charge in [-0.25, -0.2) is 9.79 Å². The first-order chi connectivity index (χ1) is 19.4. The average Bonchev–Trinajstić information content (AvgIpc) is 3.16. The maximum atomic E-state index is 14.0. The van der Waals surface area contributed by atoms with Crippen LogP contribution in [0.25, 0.3) is 0 Å². The minimum atomic E-state index is -4.67. The molecule has 0 radical (unpaired) electrons. The summed E-state index contributed by atoms with van der Waals surface area (Å²) in [5.41, 5.74) is 6.26. The van der Waals surface area contributed by atoms with Crippen LogP contribution in [0.4, 0.5) is 18.0 Å². The van der Waals surface area contributed by atoms with Crippen LogP contribution in [0.2, 0.25) is 0 Å². The molecule has 2 aromatic carbocycles. The summed E-state index contributed by atoms with van der Waals surface area (Å²) in [4.78, 5) is 44.3.